The van der Waals surface area contributed by atoms with Gasteiger partial charge >= 0.3 is 0 Å². The molecule has 0 saturated heterocycles. The van der Waals surface area contributed by atoms with Crippen LogP contribution in [0, 0.1) is 0 Å². The van der Waals surface area contributed by atoms with E-state index in [1.54, 1.807) is 6.20 Å². The minimum atomic E-state index is -0.0780. The van der Waals surface area contributed by atoms with Crippen molar-refractivity contribution in [2.75, 3.05) is 0 Å². The number of nitrogens with one attached hydrogen (secondary N) is 1. The molecule has 0 fully saturated rings. The molecule has 112 valence electrons. The smallest absolute Gasteiger partial charge is 0.242 e. The first-order valence-electron chi connectivity index (χ1n) is 7.16. The van der Waals surface area contributed by atoms with Gasteiger partial charge in [-0.2, -0.15) is 0 Å². The molecule has 21 heavy (non-hydrogen) atoms. The van der Waals surface area contributed by atoms with Gasteiger partial charge in [0.2, 0.25) is 5.91 Å². The SMILES string of the molecule is CCCC(NC(=O)Cn1cc(CN)nn1)c1ccccc1. The van der Waals surface area contributed by atoms with Crippen molar-refractivity contribution in [3.8, 4) is 0 Å². The van der Waals surface area contributed by atoms with Gasteiger partial charge in [-0.05, 0) is 12.0 Å². The molecule has 1 aromatic heterocycles. The lowest BCUT2D eigenvalue weighted by molar-refractivity contribution is -0.122. The average molecular weight is 287 g/mol. The predicted octanol–water partition coefficient (Wildman–Crippen LogP) is 1.39. The van der Waals surface area contributed by atoms with E-state index in [9.17, 15) is 4.79 Å². The standard InChI is InChI=1S/C15H21N5O/c1-2-6-14(12-7-4-3-5-8-12)17-15(21)11-20-10-13(9-16)18-19-20/h3-5,7-8,10,14H,2,6,9,11,16H2,1H3,(H,17,21). The molecule has 0 aliphatic carbocycles. The van der Waals surface area contributed by atoms with E-state index in [4.69, 9.17) is 5.73 Å². The van der Waals surface area contributed by atoms with Crippen molar-refractivity contribution >= 4 is 5.91 Å². The summed E-state index contributed by atoms with van der Waals surface area (Å²) in [5.74, 6) is -0.0780. The minimum Gasteiger partial charge on any atom is -0.348 e. The zero-order valence-electron chi connectivity index (χ0n) is 12.2. The summed E-state index contributed by atoms with van der Waals surface area (Å²) in [6.45, 7) is 2.58. The second-order valence-electron chi connectivity index (χ2n) is 4.93. The van der Waals surface area contributed by atoms with Gasteiger partial charge in [0.25, 0.3) is 0 Å². The molecule has 0 saturated carbocycles. The van der Waals surface area contributed by atoms with Crippen molar-refractivity contribution < 1.29 is 4.79 Å². The maximum atomic E-state index is 12.1. The van der Waals surface area contributed by atoms with Gasteiger partial charge in [-0.1, -0.05) is 48.9 Å². The molecule has 6 nitrogen and oxygen atoms in total. The highest BCUT2D eigenvalue weighted by atomic mass is 16.2. The molecule has 0 radical (unpaired) electrons. The van der Waals surface area contributed by atoms with Crippen molar-refractivity contribution in [2.24, 2.45) is 5.73 Å². The molecular formula is C15H21N5O. The van der Waals surface area contributed by atoms with E-state index in [2.05, 4.69) is 22.6 Å². The maximum Gasteiger partial charge on any atom is 0.242 e. The average Bonchev–Trinajstić information content (AvgIpc) is 2.95. The van der Waals surface area contributed by atoms with Crippen LogP contribution in [0.4, 0.5) is 0 Å². The topological polar surface area (TPSA) is 85.8 Å². The summed E-state index contributed by atoms with van der Waals surface area (Å²) in [6, 6.07) is 10.0. The van der Waals surface area contributed by atoms with Crippen molar-refractivity contribution in [3.63, 3.8) is 0 Å². The molecule has 1 atom stereocenters. The Hall–Kier alpha value is -2.21. The zero-order chi connectivity index (χ0) is 15.1. The summed E-state index contributed by atoms with van der Waals surface area (Å²) in [5, 5.41) is 10.8. The van der Waals surface area contributed by atoms with Gasteiger partial charge in [0, 0.05) is 6.54 Å². The monoisotopic (exact) mass is 287 g/mol. The van der Waals surface area contributed by atoms with Crippen molar-refractivity contribution in [2.45, 2.75) is 38.9 Å². The van der Waals surface area contributed by atoms with Gasteiger partial charge in [0.1, 0.15) is 6.54 Å². The van der Waals surface area contributed by atoms with E-state index in [-0.39, 0.29) is 18.5 Å². The fourth-order valence-corrected chi connectivity index (χ4v) is 2.19. The van der Waals surface area contributed by atoms with Crippen LogP contribution in [0.5, 0.6) is 0 Å². The number of hydrogen-bond donors (Lipinski definition) is 2. The van der Waals surface area contributed by atoms with Gasteiger partial charge in [-0.25, -0.2) is 4.68 Å². The Morgan fingerprint density at radius 2 is 2.14 bits per heavy atom. The number of nitrogens with zero attached hydrogens (tertiary/aromatic N) is 3. The fraction of sp³-hybridized carbons (Fsp3) is 0.400. The van der Waals surface area contributed by atoms with Crippen LogP contribution in [0.15, 0.2) is 36.5 Å². The van der Waals surface area contributed by atoms with Crippen LogP contribution >= 0.6 is 0 Å². The molecule has 1 aromatic carbocycles. The van der Waals surface area contributed by atoms with Gasteiger partial charge < -0.3 is 11.1 Å². The minimum absolute atomic E-state index is 0.0289. The van der Waals surface area contributed by atoms with E-state index in [0.29, 0.717) is 12.2 Å². The van der Waals surface area contributed by atoms with Crippen LogP contribution in [-0.4, -0.2) is 20.9 Å². The molecule has 3 N–H and O–H groups in total. The predicted molar refractivity (Wildman–Crippen MR) is 80.1 cm³/mol. The van der Waals surface area contributed by atoms with Crippen molar-refractivity contribution in [1.29, 1.82) is 0 Å². The normalized spacial score (nSPS) is 12.1. The number of rotatable bonds is 7. The van der Waals surface area contributed by atoms with Crippen LogP contribution < -0.4 is 11.1 Å². The summed E-state index contributed by atoms with van der Waals surface area (Å²) < 4.78 is 1.51. The first-order chi connectivity index (χ1) is 10.2. The van der Waals surface area contributed by atoms with E-state index >= 15 is 0 Å². The first-order valence-corrected chi connectivity index (χ1v) is 7.16. The molecule has 0 bridgehead atoms. The number of nitrogens with two attached hydrogens (primary N) is 1. The highest BCUT2D eigenvalue weighted by Crippen LogP contribution is 2.17. The van der Waals surface area contributed by atoms with Crippen molar-refractivity contribution in [3.05, 3.63) is 47.8 Å². The quantitative estimate of drug-likeness (QED) is 0.806. The highest BCUT2D eigenvalue weighted by Gasteiger charge is 2.14. The Morgan fingerprint density at radius 3 is 2.76 bits per heavy atom. The Balaban J connectivity index is 1.98. The third-order valence-electron chi connectivity index (χ3n) is 3.22. The number of hydrogen-bond acceptors (Lipinski definition) is 4. The van der Waals surface area contributed by atoms with E-state index < -0.39 is 0 Å². The second-order valence-corrected chi connectivity index (χ2v) is 4.93. The molecule has 2 aromatic rings. The zero-order valence-corrected chi connectivity index (χ0v) is 12.2. The number of benzene rings is 1. The number of aromatic nitrogens is 3. The molecule has 2 rings (SSSR count). The van der Waals surface area contributed by atoms with E-state index in [0.717, 1.165) is 18.4 Å². The summed E-state index contributed by atoms with van der Waals surface area (Å²) >= 11 is 0. The molecule has 0 aliphatic heterocycles. The third-order valence-corrected chi connectivity index (χ3v) is 3.22. The summed E-state index contributed by atoms with van der Waals surface area (Å²) in [7, 11) is 0. The molecule has 1 amide bonds. The number of amides is 1. The van der Waals surface area contributed by atoms with Crippen LogP contribution in [0.2, 0.25) is 0 Å². The van der Waals surface area contributed by atoms with E-state index in [1.807, 2.05) is 30.3 Å². The maximum absolute atomic E-state index is 12.1. The molecule has 6 heteroatoms. The van der Waals surface area contributed by atoms with Gasteiger partial charge in [0.05, 0.1) is 17.9 Å². The third kappa shape index (κ3) is 4.39. The molecular weight excluding hydrogens is 266 g/mol. The Morgan fingerprint density at radius 1 is 1.38 bits per heavy atom. The summed E-state index contributed by atoms with van der Waals surface area (Å²) in [6.07, 6.45) is 3.60. The largest absolute Gasteiger partial charge is 0.348 e. The summed E-state index contributed by atoms with van der Waals surface area (Å²) in [4.78, 5) is 12.1. The van der Waals surface area contributed by atoms with Crippen molar-refractivity contribution in [1.82, 2.24) is 20.3 Å². The van der Waals surface area contributed by atoms with Crippen LogP contribution in [0.1, 0.15) is 37.1 Å². The highest BCUT2D eigenvalue weighted by molar-refractivity contribution is 5.76. The molecule has 0 spiro atoms. The lowest BCUT2D eigenvalue weighted by Gasteiger charge is -2.18. The van der Waals surface area contributed by atoms with Gasteiger partial charge in [-0.15, -0.1) is 5.10 Å². The van der Waals surface area contributed by atoms with Crippen LogP contribution in [-0.2, 0) is 17.9 Å². The summed E-state index contributed by atoms with van der Waals surface area (Å²) in [5.41, 5.74) is 7.27. The molecule has 0 aliphatic rings. The lowest BCUT2D eigenvalue weighted by Crippen LogP contribution is -2.31. The Labute approximate surface area is 124 Å². The van der Waals surface area contributed by atoms with E-state index in [1.165, 1.54) is 4.68 Å². The number of carbonyl (C=O) groups is 1. The van der Waals surface area contributed by atoms with Crippen LogP contribution in [0.3, 0.4) is 0 Å². The molecule has 1 unspecified atom stereocenters. The molecule has 1 heterocycles. The Kier molecular flexibility index (Phi) is 5.45. The van der Waals surface area contributed by atoms with Gasteiger partial charge in [0.15, 0.2) is 0 Å². The fourth-order valence-electron chi connectivity index (χ4n) is 2.19. The number of carbonyl (C=O) groups excluding carboxylic acids is 1. The van der Waals surface area contributed by atoms with Crippen LogP contribution in [0.25, 0.3) is 0 Å². The lowest BCUT2D eigenvalue weighted by atomic mass is 10.0. The Bertz CT molecular complexity index is 566. The van der Waals surface area contributed by atoms with Gasteiger partial charge in [-0.3, -0.25) is 4.79 Å². The second kappa shape index (κ2) is 7.54. The first kappa shape index (κ1) is 15.2.